The monoisotopic (exact) mass is 507 g/mol. The van der Waals surface area contributed by atoms with Crippen molar-refractivity contribution in [3.05, 3.63) is 71.7 Å². The molecule has 4 rings (SSSR count). The summed E-state index contributed by atoms with van der Waals surface area (Å²) in [6.07, 6.45) is 4.06. The Bertz CT molecular complexity index is 1200. The fourth-order valence-corrected chi connectivity index (χ4v) is 5.18. The normalized spacial score (nSPS) is 14.9. The number of rotatable bonds is 9. The minimum atomic E-state index is -0.575. The Morgan fingerprint density at radius 2 is 1.69 bits per heavy atom. The van der Waals surface area contributed by atoms with Crippen molar-refractivity contribution < 1.29 is 19.1 Å². The molecule has 7 nitrogen and oxygen atoms in total. The highest BCUT2D eigenvalue weighted by Crippen LogP contribution is 2.44. The molecule has 3 atom stereocenters. The number of methoxy groups -OCH3 is 1. The van der Waals surface area contributed by atoms with Crippen molar-refractivity contribution in [2.45, 2.75) is 50.2 Å². The topological polar surface area (TPSA) is 82.5 Å². The van der Waals surface area contributed by atoms with E-state index in [1.807, 2.05) is 36.7 Å². The number of hydrogen-bond acceptors (Lipinski definition) is 6. The number of alkyl carbamates (subject to hydrolysis) is 1. The number of fused-ring (bicyclic) bond motifs is 3. The van der Waals surface area contributed by atoms with Crippen LogP contribution in [0.15, 0.2) is 59.8 Å². The zero-order valence-corrected chi connectivity index (χ0v) is 22.2. The molecule has 0 aliphatic heterocycles. The van der Waals surface area contributed by atoms with Gasteiger partial charge in [0.1, 0.15) is 23.5 Å². The van der Waals surface area contributed by atoms with Crippen molar-refractivity contribution in [1.82, 2.24) is 14.9 Å². The number of nitrogens with one attached hydrogen (secondary N) is 1. The summed E-state index contributed by atoms with van der Waals surface area (Å²) in [7, 11) is 1.37. The molecule has 0 saturated carbocycles. The van der Waals surface area contributed by atoms with Crippen molar-refractivity contribution in [2.24, 2.45) is 5.92 Å². The van der Waals surface area contributed by atoms with Crippen LogP contribution in [-0.2, 0) is 14.3 Å². The molecule has 8 heteroatoms. The second kappa shape index (κ2) is 11.2. The van der Waals surface area contributed by atoms with E-state index in [1.165, 1.54) is 30.0 Å². The van der Waals surface area contributed by atoms with E-state index in [0.717, 1.165) is 22.6 Å². The van der Waals surface area contributed by atoms with Crippen LogP contribution >= 0.6 is 11.8 Å². The second-order valence-electron chi connectivity index (χ2n) is 9.08. The first-order valence-electron chi connectivity index (χ1n) is 12.2. The smallest absolute Gasteiger partial charge is 0.407 e. The third-order valence-corrected chi connectivity index (χ3v) is 7.63. The molecule has 36 heavy (non-hydrogen) atoms. The Kier molecular flexibility index (Phi) is 8.04. The van der Waals surface area contributed by atoms with Crippen molar-refractivity contribution in [3.63, 3.8) is 0 Å². The van der Waals surface area contributed by atoms with Crippen LogP contribution in [-0.4, -0.2) is 41.6 Å². The van der Waals surface area contributed by atoms with Crippen LogP contribution in [0.3, 0.4) is 0 Å². The van der Waals surface area contributed by atoms with Crippen LogP contribution in [0.1, 0.15) is 62.1 Å². The van der Waals surface area contributed by atoms with Gasteiger partial charge in [0.25, 0.3) is 0 Å². The van der Waals surface area contributed by atoms with Gasteiger partial charge in [-0.15, -0.1) is 11.8 Å². The summed E-state index contributed by atoms with van der Waals surface area (Å²) in [5, 5.41) is 3.81. The minimum Gasteiger partial charge on any atom is -0.467 e. The maximum absolute atomic E-state index is 13.1. The lowest BCUT2D eigenvalue weighted by Crippen LogP contribution is -2.36. The number of carbonyl (C=O) groups is 2. The summed E-state index contributed by atoms with van der Waals surface area (Å²) in [5.41, 5.74) is 4.69. The number of carbonyl (C=O) groups excluding carboxylic acids is 2. The number of ether oxygens (including phenoxy) is 2. The largest absolute Gasteiger partial charge is 0.467 e. The Hall–Kier alpha value is -3.26. The molecule has 1 aliphatic carbocycles. The van der Waals surface area contributed by atoms with Crippen LogP contribution in [0.25, 0.3) is 11.1 Å². The number of benzene rings is 2. The highest BCUT2D eigenvalue weighted by molar-refractivity contribution is 7.98. The number of aromatic nitrogens is 2. The third-order valence-electron chi connectivity index (χ3n) is 7.02. The Labute approximate surface area is 216 Å². The average molecular weight is 508 g/mol. The Morgan fingerprint density at radius 3 is 2.25 bits per heavy atom. The molecule has 0 spiro atoms. The maximum Gasteiger partial charge on any atom is 0.407 e. The molecule has 1 amide bonds. The first kappa shape index (κ1) is 25.8. The number of imidazole rings is 1. The number of hydrogen-bond donors (Lipinski definition) is 1. The summed E-state index contributed by atoms with van der Waals surface area (Å²) in [6.45, 7) is 6.11. The van der Waals surface area contributed by atoms with Gasteiger partial charge in [-0.1, -0.05) is 68.8 Å². The predicted octanol–water partition coefficient (Wildman–Crippen LogP) is 5.96. The van der Waals surface area contributed by atoms with Crippen molar-refractivity contribution >= 4 is 23.8 Å². The van der Waals surface area contributed by atoms with Gasteiger partial charge in [-0.25, -0.2) is 14.6 Å². The number of esters is 1. The van der Waals surface area contributed by atoms with Gasteiger partial charge in [0.05, 0.1) is 13.2 Å². The lowest BCUT2D eigenvalue weighted by molar-refractivity contribution is -0.144. The number of thioether (sulfide) groups is 1. The first-order chi connectivity index (χ1) is 17.4. The molecule has 1 aliphatic rings. The van der Waals surface area contributed by atoms with Gasteiger partial charge in [0, 0.05) is 12.1 Å². The molecule has 0 radical (unpaired) electrons. The van der Waals surface area contributed by atoms with Gasteiger partial charge in [-0.05, 0) is 41.4 Å². The Morgan fingerprint density at radius 1 is 1.08 bits per heavy atom. The van der Waals surface area contributed by atoms with Crippen molar-refractivity contribution in [1.29, 1.82) is 0 Å². The van der Waals surface area contributed by atoms with E-state index < -0.39 is 18.2 Å². The van der Waals surface area contributed by atoms with Crippen LogP contribution in [0.2, 0.25) is 0 Å². The molecule has 0 bridgehead atoms. The molecular formula is C28H33N3O4S. The fraction of sp³-hybridized carbons (Fsp3) is 0.393. The van der Waals surface area contributed by atoms with E-state index in [9.17, 15) is 9.59 Å². The van der Waals surface area contributed by atoms with Crippen LogP contribution < -0.4 is 5.32 Å². The van der Waals surface area contributed by atoms with Crippen molar-refractivity contribution in [3.8, 4) is 11.1 Å². The molecule has 0 fully saturated rings. The standard InChI is InChI=1S/C28H33N3O4S/c1-6-17(2)25(26-29-24(36-5)15-31(26)18(3)27(32)34-4)30-28(33)35-16-23-21-13-9-7-11-19(21)20-12-8-10-14-22(20)23/h7-15,17-18,23,25H,6,16H2,1-5H3,(H,30,33)/t17-,18-,25-/m0/s1. The summed E-state index contributed by atoms with van der Waals surface area (Å²) in [5.74, 6) is 0.284. The molecule has 1 heterocycles. The maximum atomic E-state index is 13.1. The number of amides is 1. The van der Waals surface area contributed by atoms with Gasteiger partial charge in [-0.3, -0.25) is 0 Å². The van der Waals surface area contributed by atoms with Gasteiger partial charge >= 0.3 is 12.1 Å². The van der Waals surface area contributed by atoms with Crippen LogP contribution in [0, 0.1) is 5.92 Å². The van der Waals surface area contributed by atoms with E-state index in [1.54, 1.807) is 11.5 Å². The summed E-state index contributed by atoms with van der Waals surface area (Å²) in [4.78, 5) is 30.1. The summed E-state index contributed by atoms with van der Waals surface area (Å²) < 4.78 is 12.6. The lowest BCUT2D eigenvalue weighted by atomic mass is 9.98. The van der Waals surface area contributed by atoms with E-state index in [-0.39, 0.29) is 24.4 Å². The average Bonchev–Trinajstić information content (AvgIpc) is 3.48. The van der Waals surface area contributed by atoms with E-state index in [2.05, 4.69) is 43.4 Å². The zero-order valence-electron chi connectivity index (χ0n) is 21.4. The van der Waals surface area contributed by atoms with Crippen molar-refractivity contribution in [2.75, 3.05) is 20.0 Å². The SMILES string of the molecule is CC[C@H](C)[C@H](NC(=O)OCC1c2ccccc2-c2ccccc21)c1nc(SC)cn1[C@@H](C)C(=O)OC. The van der Waals surface area contributed by atoms with Gasteiger partial charge in [-0.2, -0.15) is 0 Å². The minimum absolute atomic E-state index is 0.0189. The van der Waals surface area contributed by atoms with E-state index >= 15 is 0 Å². The highest BCUT2D eigenvalue weighted by Gasteiger charge is 2.32. The summed E-state index contributed by atoms with van der Waals surface area (Å²) >= 11 is 1.48. The predicted molar refractivity (Wildman–Crippen MR) is 141 cm³/mol. The highest BCUT2D eigenvalue weighted by atomic mass is 32.2. The molecular weight excluding hydrogens is 474 g/mol. The van der Waals surface area contributed by atoms with Gasteiger partial charge in [0.2, 0.25) is 0 Å². The quantitative estimate of drug-likeness (QED) is 0.284. The molecule has 190 valence electrons. The van der Waals surface area contributed by atoms with Gasteiger partial charge in [0.15, 0.2) is 0 Å². The van der Waals surface area contributed by atoms with Crippen LogP contribution in [0.4, 0.5) is 4.79 Å². The fourth-order valence-electron chi connectivity index (χ4n) is 4.77. The lowest BCUT2D eigenvalue weighted by Gasteiger charge is -2.26. The molecule has 2 aromatic carbocycles. The first-order valence-corrected chi connectivity index (χ1v) is 13.4. The molecule has 0 unspecified atom stereocenters. The second-order valence-corrected chi connectivity index (χ2v) is 9.91. The zero-order chi connectivity index (χ0) is 25.8. The van der Waals surface area contributed by atoms with Crippen LogP contribution in [0.5, 0.6) is 0 Å². The summed E-state index contributed by atoms with van der Waals surface area (Å²) in [6, 6.07) is 15.5. The molecule has 1 aromatic heterocycles. The molecule has 1 N–H and O–H groups in total. The number of nitrogens with zero attached hydrogens (tertiary/aromatic N) is 2. The van der Waals surface area contributed by atoms with E-state index in [4.69, 9.17) is 14.5 Å². The molecule has 3 aromatic rings. The Balaban J connectivity index is 1.55. The third kappa shape index (κ3) is 5.00. The molecule has 0 saturated heterocycles. The van der Waals surface area contributed by atoms with Gasteiger partial charge < -0.3 is 19.4 Å². The van der Waals surface area contributed by atoms with E-state index in [0.29, 0.717) is 5.82 Å².